The summed E-state index contributed by atoms with van der Waals surface area (Å²) in [4.78, 5) is 4.48. The van der Waals surface area contributed by atoms with Crippen molar-refractivity contribution < 1.29 is 0 Å². The predicted octanol–water partition coefficient (Wildman–Crippen LogP) is 2.29. The van der Waals surface area contributed by atoms with Gasteiger partial charge < -0.3 is 9.80 Å². The first kappa shape index (κ1) is 13.1. The first-order chi connectivity index (χ1) is 8.66. The topological polar surface area (TPSA) is 30.3 Å². The second-order valence-electron chi connectivity index (χ2n) is 5.34. The van der Waals surface area contributed by atoms with Gasteiger partial charge in [-0.05, 0) is 38.9 Å². The van der Waals surface area contributed by atoms with Crippen LogP contribution in [0.15, 0.2) is 30.3 Å². The van der Waals surface area contributed by atoms with Crippen molar-refractivity contribution in [3.8, 4) is 0 Å². The summed E-state index contributed by atoms with van der Waals surface area (Å²) in [6.45, 7) is 3.38. The normalized spacial score (nSPS) is 17.7. The van der Waals surface area contributed by atoms with Gasteiger partial charge in [0.25, 0.3) is 0 Å². The van der Waals surface area contributed by atoms with Gasteiger partial charge in [0.15, 0.2) is 0 Å². The minimum Gasteiger partial charge on any atom is -0.359 e. The average Bonchev–Trinajstić information content (AvgIpc) is 2.41. The van der Waals surface area contributed by atoms with Gasteiger partial charge in [-0.3, -0.25) is 5.41 Å². The van der Waals surface area contributed by atoms with Gasteiger partial charge in [-0.2, -0.15) is 0 Å². The molecule has 1 fully saturated rings. The molecule has 0 spiro atoms. The monoisotopic (exact) mass is 245 g/mol. The number of rotatable bonds is 3. The largest absolute Gasteiger partial charge is 0.359 e. The molecule has 0 atom stereocenters. The summed E-state index contributed by atoms with van der Waals surface area (Å²) in [5.74, 6) is 1.37. The van der Waals surface area contributed by atoms with Gasteiger partial charge in [0.1, 0.15) is 5.84 Å². The van der Waals surface area contributed by atoms with Crippen LogP contribution in [0.3, 0.4) is 0 Å². The molecular formula is C15H23N3. The van der Waals surface area contributed by atoms with E-state index in [4.69, 9.17) is 5.41 Å². The van der Waals surface area contributed by atoms with Crippen LogP contribution in [0.2, 0.25) is 0 Å². The first-order valence-electron chi connectivity index (χ1n) is 6.70. The van der Waals surface area contributed by atoms with E-state index in [1.54, 1.807) is 0 Å². The second-order valence-corrected chi connectivity index (χ2v) is 5.34. The second kappa shape index (κ2) is 6.01. The maximum atomic E-state index is 8.21. The SMILES string of the molecule is CN1CCC(CN(C)C(=N)c2ccccc2)CC1. The Kier molecular flexibility index (Phi) is 4.37. The van der Waals surface area contributed by atoms with Crippen molar-refractivity contribution in [2.45, 2.75) is 12.8 Å². The molecule has 0 radical (unpaired) electrons. The molecule has 0 amide bonds. The fourth-order valence-electron chi connectivity index (χ4n) is 2.54. The third-order valence-corrected chi connectivity index (χ3v) is 3.80. The summed E-state index contributed by atoms with van der Waals surface area (Å²) in [7, 11) is 4.22. The molecular weight excluding hydrogens is 222 g/mol. The Balaban J connectivity index is 1.88. The molecule has 0 aromatic heterocycles. The lowest BCUT2D eigenvalue weighted by Crippen LogP contribution is -2.37. The summed E-state index contributed by atoms with van der Waals surface area (Å²) in [5, 5.41) is 8.21. The lowest BCUT2D eigenvalue weighted by Gasteiger charge is -2.32. The van der Waals surface area contributed by atoms with E-state index < -0.39 is 0 Å². The minimum absolute atomic E-state index is 0.634. The van der Waals surface area contributed by atoms with Gasteiger partial charge in [-0.25, -0.2) is 0 Å². The molecule has 18 heavy (non-hydrogen) atoms. The highest BCUT2D eigenvalue weighted by molar-refractivity contribution is 5.96. The zero-order valence-corrected chi connectivity index (χ0v) is 11.4. The van der Waals surface area contributed by atoms with Crippen LogP contribution in [-0.4, -0.2) is 49.4 Å². The number of benzene rings is 1. The molecule has 1 aromatic carbocycles. The summed E-state index contributed by atoms with van der Waals surface area (Å²) in [6.07, 6.45) is 2.51. The summed E-state index contributed by atoms with van der Waals surface area (Å²) in [5.41, 5.74) is 1.01. The van der Waals surface area contributed by atoms with Crippen molar-refractivity contribution in [1.82, 2.24) is 9.80 Å². The van der Waals surface area contributed by atoms with E-state index in [0.717, 1.165) is 18.0 Å². The smallest absolute Gasteiger partial charge is 0.127 e. The van der Waals surface area contributed by atoms with Crippen LogP contribution < -0.4 is 0 Å². The highest BCUT2D eigenvalue weighted by atomic mass is 15.1. The van der Waals surface area contributed by atoms with Gasteiger partial charge >= 0.3 is 0 Å². The molecule has 1 aliphatic heterocycles. The van der Waals surface area contributed by atoms with E-state index in [2.05, 4.69) is 16.8 Å². The van der Waals surface area contributed by atoms with E-state index >= 15 is 0 Å². The van der Waals surface area contributed by atoms with Gasteiger partial charge in [-0.1, -0.05) is 30.3 Å². The Morgan fingerprint density at radius 3 is 2.50 bits per heavy atom. The van der Waals surface area contributed by atoms with E-state index in [1.807, 2.05) is 37.4 Å². The zero-order chi connectivity index (χ0) is 13.0. The van der Waals surface area contributed by atoms with Gasteiger partial charge in [0.2, 0.25) is 0 Å². The maximum absolute atomic E-state index is 8.21. The molecule has 3 heteroatoms. The molecule has 0 aliphatic carbocycles. The Hall–Kier alpha value is -1.35. The number of hydrogen-bond donors (Lipinski definition) is 1. The Morgan fingerprint density at radius 1 is 1.28 bits per heavy atom. The zero-order valence-electron chi connectivity index (χ0n) is 11.4. The van der Waals surface area contributed by atoms with Crippen LogP contribution in [0.4, 0.5) is 0 Å². The summed E-state index contributed by atoms with van der Waals surface area (Å²) < 4.78 is 0. The van der Waals surface area contributed by atoms with Crippen LogP contribution in [0.25, 0.3) is 0 Å². The van der Waals surface area contributed by atoms with Gasteiger partial charge in [0, 0.05) is 19.2 Å². The molecule has 2 rings (SSSR count). The Labute approximate surface area is 110 Å². The van der Waals surface area contributed by atoms with Crippen molar-refractivity contribution in [2.24, 2.45) is 5.92 Å². The van der Waals surface area contributed by atoms with E-state index in [9.17, 15) is 0 Å². The quantitative estimate of drug-likeness (QED) is 0.654. The third kappa shape index (κ3) is 3.33. The highest BCUT2D eigenvalue weighted by Gasteiger charge is 2.19. The van der Waals surface area contributed by atoms with E-state index in [0.29, 0.717) is 5.84 Å². The number of amidine groups is 1. The van der Waals surface area contributed by atoms with E-state index in [-0.39, 0.29) is 0 Å². The Morgan fingerprint density at radius 2 is 1.89 bits per heavy atom. The fourth-order valence-corrected chi connectivity index (χ4v) is 2.54. The number of hydrogen-bond acceptors (Lipinski definition) is 2. The van der Waals surface area contributed by atoms with Crippen LogP contribution in [0.5, 0.6) is 0 Å². The van der Waals surface area contributed by atoms with E-state index in [1.165, 1.54) is 25.9 Å². The lowest BCUT2D eigenvalue weighted by atomic mass is 9.96. The summed E-state index contributed by atoms with van der Waals surface area (Å²) in [6, 6.07) is 10.00. The van der Waals surface area contributed by atoms with Crippen molar-refractivity contribution in [3.63, 3.8) is 0 Å². The summed E-state index contributed by atoms with van der Waals surface area (Å²) >= 11 is 0. The van der Waals surface area contributed by atoms with Crippen LogP contribution in [0, 0.1) is 11.3 Å². The van der Waals surface area contributed by atoms with Crippen molar-refractivity contribution in [2.75, 3.05) is 33.7 Å². The number of nitrogens with zero attached hydrogens (tertiary/aromatic N) is 2. The molecule has 0 saturated carbocycles. The lowest BCUT2D eigenvalue weighted by molar-refractivity contribution is 0.200. The van der Waals surface area contributed by atoms with Crippen LogP contribution in [0.1, 0.15) is 18.4 Å². The average molecular weight is 245 g/mol. The molecule has 1 aromatic rings. The van der Waals surface area contributed by atoms with Crippen molar-refractivity contribution >= 4 is 5.84 Å². The van der Waals surface area contributed by atoms with Gasteiger partial charge in [-0.15, -0.1) is 0 Å². The first-order valence-corrected chi connectivity index (χ1v) is 6.70. The molecule has 3 nitrogen and oxygen atoms in total. The van der Waals surface area contributed by atoms with Crippen molar-refractivity contribution in [3.05, 3.63) is 35.9 Å². The number of likely N-dealkylation sites (tertiary alicyclic amines) is 1. The van der Waals surface area contributed by atoms with Crippen LogP contribution >= 0.6 is 0 Å². The number of piperidine rings is 1. The standard InChI is InChI=1S/C15H23N3/c1-17-10-8-13(9-11-17)12-18(2)15(16)14-6-4-3-5-7-14/h3-7,13,16H,8-12H2,1-2H3. The maximum Gasteiger partial charge on any atom is 0.127 e. The molecule has 98 valence electrons. The molecule has 0 unspecified atom stereocenters. The van der Waals surface area contributed by atoms with Crippen molar-refractivity contribution in [1.29, 1.82) is 5.41 Å². The van der Waals surface area contributed by atoms with Gasteiger partial charge in [0.05, 0.1) is 0 Å². The highest BCUT2D eigenvalue weighted by Crippen LogP contribution is 2.17. The molecule has 1 heterocycles. The molecule has 1 aliphatic rings. The Bertz CT molecular complexity index is 380. The third-order valence-electron chi connectivity index (χ3n) is 3.80. The predicted molar refractivity (Wildman–Crippen MR) is 76.1 cm³/mol. The van der Waals surface area contributed by atoms with Crippen LogP contribution in [-0.2, 0) is 0 Å². The molecule has 1 N–H and O–H groups in total. The minimum atomic E-state index is 0.634. The molecule has 1 saturated heterocycles. The molecule has 0 bridgehead atoms. The number of nitrogens with one attached hydrogen (secondary N) is 1. The fraction of sp³-hybridized carbons (Fsp3) is 0.533.